The number of ether oxygens (including phenoxy) is 1. The van der Waals surface area contributed by atoms with Crippen molar-refractivity contribution in [3.8, 4) is 5.88 Å². The molecule has 0 radical (unpaired) electrons. The molecule has 1 heterocycles. The summed E-state index contributed by atoms with van der Waals surface area (Å²) in [7, 11) is 1.56. The summed E-state index contributed by atoms with van der Waals surface area (Å²) < 4.78 is 6.20. The topological polar surface area (TPSA) is 73.1 Å². The molecule has 1 aromatic carbocycles. The van der Waals surface area contributed by atoms with Crippen molar-refractivity contribution in [3.63, 3.8) is 0 Å². The first kappa shape index (κ1) is 14.2. The van der Waals surface area contributed by atoms with E-state index in [1.54, 1.807) is 13.2 Å². The summed E-state index contributed by atoms with van der Waals surface area (Å²) in [6.45, 7) is 0. The molecule has 0 saturated carbocycles. The molecule has 1 unspecified atom stereocenters. The van der Waals surface area contributed by atoms with Gasteiger partial charge >= 0.3 is 0 Å². The van der Waals surface area contributed by atoms with Crippen LogP contribution in [0.1, 0.15) is 17.3 Å². The van der Waals surface area contributed by atoms with Gasteiger partial charge in [-0.2, -0.15) is 5.10 Å². The first-order valence-electron chi connectivity index (χ1n) is 5.81. The standard InChI is InChI=1S/C13H15IN4O/c1-19-13-7-6-11(17-18-13)12(16-15)8-9-2-4-10(14)5-3-9/h2-7,12,16H,8,15H2,1H3. The van der Waals surface area contributed by atoms with E-state index < -0.39 is 0 Å². The number of hydrogen-bond donors (Lipinski definition) is 2. The van der Waals surface area contributed by atoms with Gasteiger partial charge in [-0.1, -0.05) is 12.1 Å². The van der Waals surface area contributed by atoms with E-state index in [0.29, 0.717) is 5.88 Å². The van der Waals surface area contributed by atoms with E-state index in [2.05, 4.69) is 62.5 Å². The molecule has 3 N–H and O–H groups in total. The second-order valence-corrected chi connectivity index (χ2v) is 5.30. The van der Waals surface area contributed by atoms with Crippen molar-refractivity contribution in [3.05, 3.63) is 51.2 Å². The lowest BCUT2D eigenvalue weighted by molar-refractivity contribution is 0.389. The van der Waals surface area contributed by atoms with Crippen molar-refractivity contribution in [1.82, 2.24) is 15.6 Å². The fourth-order valence-corrected chi connectivity index (χ4v) is 2.09. The van der Waals surface area contributed by atoms with E-state index in [1.807, 2.05) is 6.07 Å². The Balaban J connectivity index is 2.12. The van der Waals surface area contributed by atoms with Crippen LogP contribution >= 0.6 is 22.6 Å². The highest BCUT2D eigenvalue weighted by molar-refractivity contribution is 14.1. The Morgan fingerprint density at radius 1 is 1.21 bits per heavy atom. The predicted octanol–water partition coefficient (Wildman–Crippen LogP) is 1.84. The smallest absolute Gasteiger partial charge is 0.233 e. The molecule has 0 aliphatic rings. The molecule has 0 aliphatic heterocycles. The molecule has 0 bridgehead atoms. The molecule has 100 valence electrons. The summed E-state index contributed by atoms with van der Waals surface area (Å²) in [6, 6.07) is 11.9. The summed E-state index contributed by atoms with van der Waals surface area (Å²) in [5, 5.41) is 8.07. The van der Waals surface area contributed by atoms with Gasteiger partial charge in [-0.3, -0.25) is 11.3 Å². The average Bonchev–Trinajstić information content (AvgIpc) is 2.47. The molecule has 1 atom stereocenters. The number of nitrogens with one attached hydrogen (secondary N) is 1. The highest BCUT2D eigenvalue weighted by Crippen LogP contribution is 2.17. The van der Waals surface area contributed by atoms with Crippen LogP contribution in [-0.2, 0) is 6.42 Å². The van der Waals surface area contributed by atoms with Crippen LogP contribution in [0.25, 0.3) is 0 Å². The Morgan fingerprint density at radius 2 is 1.95 bits per heavy atom. The fourth-order valence-electron chi connectivity index (χ4n) is 1.73. The second-order valence-electron chi connectivity index (χ2n) is 4.05. The molecule has 1 aromatic heterocycles. The maximum Gasteiger partial charge on any atom is 0.233 e. The van der Waals surface area contributed by atoms with Crippen LogP contribution in [0.4, 0.5) is 0 Å². The molecule has 0 saturated heterocycles. The van der Waals surface area contributed by atoms with Crippen molar-refractivity contribution >= 4 is 22.6 Å². The predicted molar refractivity (Wildman–Crippen MR) is 81.5 cm³/mol. The van der Waals surface area contributed by atoms with Gasteiger partial charge in [0.05, 0.1) is 18.8 Å². The maximum atomic E-state index is 5.60. The summed E-state index contributed by atoms with van der Waals surface area (Å²) in [5.41, 5.74) is 4.76. The monoisotopic (exact) mass is 370 g/mol. The van der Waals surface area contributed by atoms with Gasteiger partial charge in [-0.15, -0.1) is 5.10 Å². The van der Waals surface area contributed by atoms with Crippen molar-refractivity contribution < 1.29 is 4.74 Å². The third kappa shape index (κ3) is 3.85. The van der Waals surface area contributed by atoms with Gasteiger partial charge in [0.2, 0.25) is 5.88 Å². The van der Waals surface area contributed by atoms with E-state index in [4.69, 9.17) is 10.6 Å². The minimum absolute atomic E-state index is 0.0709. The zero-order valence-electron chi connectivity index (χ0n) is 10.5. The molecule has 6 heteroatoms. The van der Waals surface area contributed by atoms with Crippen LogP contribution in [0.2, 0.25) is 0 Å². The lowest BCUT2D eigenvalue weighted by Gasteiger charge is -2.15. The Bertz CT molecular complexity index is 515. The first-order valence-corrected chi connectivity index (χ1v) is 6.89. The number of benzene rings is 1. The van der Waals surface area contributed by atoms with Gasteiger partial charge in [-0.05, 0) is 52.8 Å². The minimum atomic E-state index is -0.0709. The van der Waals surface area contributed by atoms with Crippen LogP contribution in [0.15, 0.2) is 36.4 Å². The quantitative estimate of drug-likeness (QED) is 0.477. The Hall–Kier alpha value is -1.25. The number of hydrazine groups is 1. The van der Waals surface area contributed by atoms with Gasteiger partial charge in [0.1, 0.15) is 0 Å². The number of nitrogens with two attached hydrogens (primary N) is 1. The number of rotatable bonds is 5. The van der Waals surface area contributed by atoms with Crippen molar-refractivity contribution in [2.45, 2.75) is 12.5 Å². The van der Waals surface area contributed by atoms with Gasteiger partial charge in [0, 0.05) is 9.64 Å². The van der Waals surface area contributed by atoms with Crippen molar-refractivity contribution in [2.24, 2.45) is 5.84 Å². The Labute approximate surface area is 125 Å². The molecule has 0 aliphatic carbocycles. The molecule has 0 fully saturated rings. The number of nitrogens with zero attached hydrogens (tertiary/aromatic N) is 2. The molecule has 5 nitrogen and oxygen atoms in total. The molecule has 19 heavy (non-hydrogen) atoms. The maximum absolute atomic E-state index is 5.60. The second kappa shape index (κ2) is 6.78. The van der Waals surface area contributed by atoms with E-state index in [-0.39, 0.29) is 6.04 Å². The molecular formula is C13H15IN4O. The lowest BCUT2D eigenvalue weighted by Crippen LogP contribution is -2.30. The highest BCUT2D eigenvalue weighted by atomic mass is 127. The van der Waals surface area contributed by atoms with E-state index in [1.165, 1.54) is 9.13 Å². The first-order chi connectivity index (χ1) is 9.22. The summed E-state index contributed by atoms with van der Waals surface area (Å²) in [5.74, 6) is 6.10. The fraction of sp³-hybridized carbons (Fsp3) is 0.231. The van der Waals surface area contributed by atoms with Gasteiger partial charge in [0.25, 0.3) is 0 Å². The van der Waals surface area contributed by atoms with Crippen LogP contribution in [0.5, 0.6) is 5.88 Å². The lowest BCUT2D eigenvalue weighted by atomic mass is 10.0. The van der Waals surface area contributed by atoms with Crippen LogP contribution in [0, 0.1) is 3.57 Å². The largest absolute Gasteiger partial charge is 0.480 e. The molecule has 0 amide bonds. The number of halogens is 1. The van der Waals surface area contributed by atoms with Gasteiger partial charge in [-0.25, -0.2) is 0 Å². The van der Waals surface area contributed by atoms with Crippen molar-refractivity contribution in [1.29, 1.82) is 0 Å². The molecule has 2 rings (SSSR count). The molecule has 2 aromatic rings. The third-order valence-corrected chi connectivity index (χ3v) is 3.50. The SMILES string of the molecule is COc1ccc(C(Cc2ccc(I)cc2)NN)nn1. The molecular weight excluding hydrogens is 355 g/mol. The van der Waals surface area contributed by atoms with E-state index >= 15 is 0 Å². The third-order valence-electron chi connectivity index (χ3n) is 2.78. The summed E-state index contributed by atoms with van der Waals surface area (Å²) >= 11 is 2.28. The number of hydrogen-bond acceptors (Lipinski definition) is 5. The Morgan fingerprint density at radius 3 is 2.47 bits per heavy atom. The van der Waals surface area contributed by atoms with Gasteiger partial charge in [0.15, 0.2) is 0 Å². The summed E-state index contributed by atoms with van der Waals surface area (Å²) in [6.07, 6.45) is 0.758. The molecule has 0 spiro atoms. The summed E-state index contributed by atoms with van der Waals surface area (Å²) in [4.78, 5) is 0. The Kier molecular flexibility index (Phi) is 5.06. The zero-order chi connectivity index (χ0) is 13.7. The number of methoxy groups -OCH3 is 1. The minimum Gasteiger partial charge on any atom is -0.480 e. The van der Waals surface area contributed by atoms with Gasteiger partial charge < -0.3 is 4.74 Å². The van der Waals surface area contributed by atoms with Crippen LogP contribution < -0.4 is 16.0 Å². The average molecular weight is 370 g/mol. The highest BCUT2D eigenvalue weighted by Gasteiger charge is 2.13. The van der Waals surface area contributed by atoms with Crippen LogP contribution in [-0.4, -0.2) is 17.3 Å². The normalized spacial score (nSPS) is 12.2. The van der Waals surface area contributed by atoms with E-state index in [9.17, 15) is 0 Å². The van der Waals surface area contributed by atoms with Crippen LogP contribution in [0.3, 0.4) is 0 Å². The van der Waals surface area contributed by atoms with Crippen molar-refractivity contribution in [2.75, 3.05) is 7.11 Å². The van der Waals surface area contributed by atoms with E-state index in [0.717, 1.165) is 12.1 Å². The number of aromatic nitrogens is 2. The zero-order valence-corrected chi connectivity index (χ0v) is 12.7.